The summed E-state index contributed by atoms with van der Waals surface area (Å²) >= 11 is 0. The molecular formula is C14H28N2O2. The Labute approximate surface area is 111 Å². The van der Waals surface area contributed by atoms with Gasteiger partial charge in [0.2, 0.25) is 0 Å². The summed E-state index contributed by atoms with van der Waals surface area (Å²) in [6.45, 7) is 4.99. The second-order valence-corrected chi connectivity index (χ2v) is 5.77. The smallest absolute Gasteiger partial charge is 0.315 e. The first-order valence-electron chi connectivity index (χ1n) is 7.28. The van der Waals surface area contributed by atoms with Gasteiger partial charge in [-0.25, -0.2) is 4.79 Å². The van der Waals surface area contributed by atoms with Crippen LogP contribution in [0.2, 0.25) is 0 Å². The maximum atomic E-state index is 11.8. The fourth-order valence-electron chi connectivity index (χ4n) is 2.62. The lowest BCUT2D eigenvalue weighted by molar-refractivity contribution is 0.196. The number of amides is 2. The number of hydrogen-bond donors (Lipinski definition) is 3. The van der Waals surface area contributed by atoms with Gasteiger partial charge in [0.05, 0.1) is 0 Å². The number of rotatable bonds is 6. The Morgan fingerprint density at radius 2 is 1.94 bits per heavy atom. The quantitative estimate of drug-likeness (QED) is 0.682. The van der Waals surface area contributed by atoms with E-state index in [9.17, 15) is 4.79 Å². The number of nitrogens with one attached hydrogen (secondary N) is 2. The molecule has 1 atom stereocenters. The molecule has 1 unspecified atom stereocenters. The van der Waals surface area contributed by atoms with Gasteiger partial charge in [0.15, 0.2) is 0 Å². The summed E-state index contributed by atoms with van der Waals surface area (Å²) in [5, 5.41) is 15.0. The Morgan fingerprint density at radius 1 is 1.28 bits per heavy atom. The molecule has 2 amide bonds. The van der Waals surface area contributed by atoms with Gasteiger partial charge in [-0.2, -0.15) is 0 Å². The SMILES string of the molecule is CC(C)CNC(=O)NC(CCO)C1CCCCC1. The van der Waals surface area contributed by atoms with Gasteiger partial charge < -0.3 is 15.7 Å². The van der Waals surface area contributed by atoms with Crippen molar-refractivity contribution in [2.75, 3.05) is 13.2 Å². The topological polar surface area (TPSA) is 61.4 Å². The molecule has 0 aliphatic heterocycles. The zero-order chi connectivity index (χ0) is 13.4. The first kappa shape index (κ1) is 15.3. The first-order chi connectivity index (χ1) is 8.63. The normalized spacial score (nSPS) is 18.7. The highest BCUT2D eigenvalue weighted by Gasteiger charge is 2.24. The van der Waals surface area contributed by atoms with Crippen molar-refractivity contribution < 1.29 is 9.90 Å². The molecule has 1 saturated carbocycles. The van der Waals surface area contributed by atoms with E-state index in [1.165, 1.54) is 32.1 Å². The van der Waals surface area contributed by atoms with Crippen molar-refractivity contribution in [2.45, 2.75) is 58.4 Å². The van der Waals surface area contributed by atoms with E-state index >= 15 is 0 Å². The van der Waals surface area contributed by atoms with Gasteiger partial charge in [0.25, 0.3) is 0 Å². The molecule has 4 nitrogen and oxygen atoms in total. The van der Waals surface area contributed by atoms with Crippen molar-refractivity contribution in [1.29, 1.82) is 0 Å². The predicted octanol–water partition coefficient (Wildman–Crippen LogP) is 2.27. The third kappa shape index (κ3) is 5.71. The van der Waals surface area contributed by atoms with Crippen LogP contribution >= 0.6 is 0 Å². The van der Waals surface area contributed by atoms with Crippen LogP contribution in [0.3, 0.4) is 0 Å². The predicted molar refractivity (Wildman–Crippen MR) is 73.4 cm³/mol. The van der Waals surface area contributed by atoms with Crippen LogP contribution in [0.5, 0.6) is 0 Å². The van der Waals surface area contributed by atoms with Crippen molar-refractivity contribution in [3.05, 3.63) is 0 Å². The minimum absolute atomic E-state index is 0.0901. The van der Waals surface area contributed by atoms with Crippen molar-refractivity contribution in [1.82, 2.24) is 10.6 Å². The van der Waals surface area contributed by atoms with Crippen molar-refractivity contribution in [3.63, 3.8) is 0 Å². The van der Waals surface area contributed by atoms with Gasteiger partial charge in [-0.15, -0.1) is 0 Å². The minimum atomic E-state index is -0.0901. The lowest BCUT2D eigenvalue weighted by Gasteiger charge is -2.30. The monoisotopic (exact) mass is 256 g/mol. The molecule has 4 heteroatoms. The third-order valence-corrected chi connectivity index (χ3v) is 3.65. The number of urea groups is 1. The second-order valence-electron chi connectivity index (χ2n) is 5.77. The van der Waals surface area contributed by atoms with Crippen LogP contribution in [-0.2, 0) is 0 Å². The average molecular weight is 256 g/mol. The molecular weight excluding hydrogens is 228 g/mol. The number of carbonyl (C=O) groups excluding carboxylic acids is 1. The van der Waals surface area contributed by atoms with Crippen LogP contribution in [0.15, 0.2) is 0 Å². The van der Waals surface area contributed by atoms with E-state index in [4.69, 9.17) is 5.11 Å². The summed E-state index contributed by atoms with van der Waals surface area (Å²) in [7, 11) is 0. The van der Waals surface area contributed by atoms with Gasteiger partial charge in [-0.05, 0) is 31.1 Å². The first-order valence-corrected chi connectivity index (χ1v) is 7.28. The second kappa shape index (κ2) is 8.35. The van der Waals surface area contributed by atoms with Crippen molar-refractivity contribution in [3.8, 4) is 0 Å². The van der Waals surface area contributed by atoms with E-state index < -0.39 is 0 Å². The number of hydrogen-bond acceptors (Lipinski definition) is 2. The summed E-state index contributed by atoms with van der Waals surface area (Å²) in [6.07, 6.45) is 6.83. The molecule has 0 heterocycles. The lowest BCUT2D eigenvalue weighted by atomic mass is 9.83. The highest BCUT2D eigenvalue weighted by Crippen LogP contribution is 2.27. The number of aliphatic hydroxyl groups excluding tert-OH is 1. The van der Waals surface area contributed by atoms with Gasteiger partial charge in [-0.1, -0.05) is 33.1 Å². The van der Waals surface area contributed by atoms with Crippen molar-refractivity contribution in [2.24, 2.45) is 11.8 Å². The van der Waals surface area contributed by atoms with Gasteiger partial charge in [-0.3, -0.25) is 0 Å². The fraction of sp³-hybridized carbons (Fsp3) is 0.929. The van der Waals surface area contributed by atoms with Crippen LogP contribution in [0.25, 0.3) is 0 Å². The summed E-state index contributed by atoms with van der Waals surface area (Å²) < 4.78 is 0. The van der Waals surface area contributed by atoms with E-state index in [-0.39, 0.29) is 18.7 Å². The van der Waals surface area contributed by atoms with Crippen LogP contribution in [0.1, 0.15) is 52.4 Å². The molecule has 0 saturated heterocycles. The fourth-order valence-corrected chi connectivity index (χ4v) is 2.62. The zero-order valence-corrected chi connectivity index (χ0v) is 11.7. The van der Waals surface area contributed by atoms with E-state index in [2.05, 4.69) is 24.5 Å². The van der Waals surface area contributed by atoms with E-state index in [0.717, 1.165) is 0 Å². The lowest BCUT2D eigenvalue weighted by Crippen LogP contribution is -2.47. The summed E-state index contributed by atoms with van der Waals surface area (Å²) in [6, 6.07) is 0.0372. The van der Waals surface area contributed by atoms with E-state index in [1.54, 1.807) is 0 Å². The van der Waals surface area contributed by atoms with Crippen LogP contribution in [0, 0.1) is 11.8 Å². The zero-order valence-electron chi connectivity index (χ0n) is 11.7. The Balaban J connectivity index is 2.38. The highest BCUT2D eigenvalue weighted by molar-refractivity contribution is 5.74. The molecule has 0 bridgehead atoms. The maximum absolute atomic E-state index is 11.8. The standard InChI is InChI=1S/C14H28N2O2/c1-11(2)10-15-14(18)16-13(8-9-17)12-6-4-3-5-7-12/h11-13,17H,3-10H2,1-2H3,(H2,15,16,18). The Morgan fingerprint density at radius 3 is 2.50 bits per heavy atom. The minimum Gasteiger partial charge on any atom is -0.396 e. The third-order valence-electron chi connectivity index (χ3n) is 3.65. The molecule has 0 aromatic heterocycles. The molecule has 0 radical (unpaired) electrons. The maximum Gasteiger partial charge on any atom is 0.315 e. The number of aliphatic hydroxyl groups is 1. The van der Waals surface area contributed by atoms with Gasteiger partial charge in [0, 0.05) is 19.2 Å². The van der Waals surface area contributed by atoms with E-state index in [1.807, 2.05) is 0 Å². The molecule has 1 rings (SSSR count). The average Bonchev–Trinajstić information content (AvgIpc) is 2.37. The molecule has 1 fully saturated rings. The van der Waals surface area contributed by atoms with Gasteiger partial charge >= 0.3 is 6.03 Å². The summed E-state index contributed by atoms with van der Waals surface area (Å²) in [4.78, 5) is 11.8. The molecule has 18 heavy (non-hydrogen) atoms. The van der Waals surface area contributed by atoms with Crippen LogP contribution in [-0.4, -0.2) is 30.3 Å². The molecule has 0 spiro atoms. The molecule has 0 aromatic rings. The van der Waals surface area contributed by atoms with Crippen molar-refractivity contribution >= 4 is 6.03 Å². The Bertz CT molecular complexity index is 238. The Hall–Kier alpha value is -0.770. The molecule has 3 N–H and O–H groups in total. The largest absolute Gasteiger partial charge is 0.396 e. The summed E-state index contributed by atoms with van der Waals surface area (Å²) in [5.74, 6) is 0.998. The highest BCUT2D eigenvalue weighted by atomic mass is 16.3. The van der Waals surface area contributed by atoms with Crippen LogP contribution in [0.4, 0.5) is 4.79 Å². The molecule has 0 aromatic carbocycles. The molecule has 1 aliphatic rings. The molecule has 106 valence electrons. The summed E-state index contributed by atoms with van der Waals surface area (Å²) in [5.41, 5.74) is 0. The van der Waals surface area contributed by atoms with E-state index in [0.29, 0.717) is 24.8 Å². The number of carbonyl (C=O) groups is 1. The Kier molecular flexibility index (Phi) is 7.09. The van der Waals surface area contributed by atoms with Crippen LogP contribution < -0.4 is 10.6 Å². The van der Waals surface area contributed by atoms with Gasteiger partial charge in [0.1, 0.15) is 0 Å². The molecule has 1 aliphatic carbocycles.